The number of pyridine rings is 1. The smallest absolute Gasteiger partial charge is 0.315 e. The Morgan fingerprint density at radius 3 is 2.50 bits per heavy atom. The summed E-state index contributed by atoms with van der Waals surface area (Å²) in [4.78, 5) is 18.1. The van der Waals surface area contributed by atoms with Gasteiger partial charge in [-0.1, -0.05) is 18.2 Å². The van der Waals surface area contributed by atoms with Gasteiger partial charge >= 0.3 is 6.03 Å². The number of anilines is 2. The summed E-state index contributed by atoms with van der Waals surface area (Å²) in [5.74, 6) is 0.811. The van der Waals surface area contributed by atoms with Gasteiger partial charge in [0.2, 0.25) is 10.0 Å². The molecular weight excluding hydrogens is 354 g/mol. The van der Waals surface area contributed by atoms with E-state index in [1.54, 1.807) is 30.5 Å². The third kappa shape index (κ3) is 6.25. The van der Waals surface area contributed by atoms with Crippen LogP contribution in [-0.4, -0.2) is 39.8 Å². The van der Waals surface area contributed by atoms with E-state index >= 15 is 0 Å². The first-order chi connectivity index (χ1) is 12.2. The Morgan fingerprint density at radius 1 is 1.12 bits per heavy atom. The third-order valence-electron chi connectivity index (χ3n) is 3.47. The van der Waals surface area contributed by atoms with Gasteiger partial charge in [0.1, 0.15) is 5.82 Å². The summed E-state index contributed by atoms with van der Waals surface area (Å²) < 4.78 is 25.2. The van der Waals surface area contributed by atoms with Crippen LogP contribution >= 0.6 is 0 Å². The van der Waals surface area contributed by atoms with E-state index in [2.05, 4.69) is 20.3 Å². The SMILES string of the molecule is CN(C)c1cc(CNC(=O)NCc2ccccc2NS(C)(=O)=O)ccn1. The molecule has 0 aliphatic rings. The number of urea groups is 1. The second-order valence-corrected chi connectivity index (χ2v) is 7.73. The Balaban J connectivity index is 1.91. The Labute approximate surface area is 153 Å². The summed E-state index contributed by atoms with van der Waals surface area (Å²) >= 11 is 0. The minimum absolute atomic E-state index is 0.198. The van der Waals surface area contributed by atoms with Gasteiger partial charge in [0.15, 0.2) is 0 Å². The number of carbonyl (C=O) groups is 1. The highest BCUT2D eigenvalue weighted by molar-refractivity contribution is 7.92. The Kier molecular flexibility index (Phi) is 6.40. The topological polar surface area (TPSA) is 103 Å². The molecule has 26 heavy (non-hydrogen) atoms. The van der Waals surface area contributed by atoms with Gasteiger partial charge in [0.05, 0.1) is 11.9 Å². The largest absolute Gasteiger partial charge is 0.363 e. The van der Waals surface area contributed by atoms with Crippen molar-refractivity contribution < 1.29 is 13.2 Å². The molecule has 0 aliphatic heterocycles. The molecule has 0 unspecified atom stereocenters. The number of amides is 2. The summed E-state index contributed by atoms with van der Waals surface area (Å²) in [6, 6.07) is 10.3. The van der Waals surface area contributed by atoms with Crippen LogP contribution in [-0.2, 0) is 23.1 Å². The predicted octanol–water partition coefficient (Wildman–Crippen LogP) is 1.52. The number of rotatable bonds is 7. The van der Waals surface area contributed by atoms with Crippen LogP contribution in [0.5, 0.6) is 0 Å². The molecule has 1 heterocycles. The number of sulfonamides is 1. The van der Waals surface area contributed by atoms with Gasteiger partial charge in [-0.15, -0.1) is 0 Å². The van der Waals surface area contributed by atoms with E-state index in [9.17, 15) is 13.2 Å². The lowest BCUT2D eigenvalue weighted by atomic mass is 10.2. The zero-order valence-corrected chi connectivity index (χ0v) is 15.8. The van der Waals surface area contributed by atoms with Crippen molar-refractivity contribution in [2.45, 2.75) is 13.1 Å². The quantitative estimate of drug-likeness (QED) is 0.679. The van der Waals surface area contributed by atoms with Gasteiger partial charge in [-0.25, -0.2) is 18.2 Å². The molecule has 0 radical (unpaired) electrons. The van der Waals surface area contributed by atoms with E-state index in [1.807, 2.05) is 31.1 Å². The van der Waals surface area contributed by atoms with E-state index in [0.717, 1.165) is 17.6 Å². The highest BCUT2D eigenvalue weighted by atomic mass is 32.2. The maximum Gasteiger partial charge on any atom is 0.315 e. The first-order valence-corrected chi connectivity index (χ1v) is 9.83. The average molecular weight is 377 g/mol. The molecule has 2 amide bonds. The molecule has 140 valence electrons. The molecule has 1 aromatic carbocycles. The molecule has 0 spiro atoms. The highest BCUT2D eigenvalue weighted by Crippen LogP contribution is 2.16. The molecule has 0 atom stereocenters. The minimum atomic E-state index is -3.38. The first kappa shape index (κ1) is 19.5. The van der Waals surface area contributed by atoms with Gasteiger partial charge < -0.3 is 15.5 Å². The van der Waals surface area contributed by atoms with Gasteiger partial charge in [0, 0.05) is 33.4 Å². The number of para-hydroxylation sites is 1. The van der Waals surface area contributed by atoms with Crippen LogP contribution in [0, 0.1) is 0 Å². The molecule has 2 rings (SSSR count). The molecule has 0 fully saturated rings. The normalized spacial score (nSPS) is 10.9. The van der Waals surface area contributed by atoms with Gasteiger partial charge in [-0.3, -0.25) is 4.72 Å². The van der Waals surface area contributed by atoms with Crippen molar-refractivity contribution in [3.8, 4) is 0 Å². The molecule has 3 N–H and O–H groups in total. The minimum Gasteiger partial charge on any atom is -0.363 e. The highest BCUT2D eigenvalue weighted by Gasteiger charge is 2.08. The summed E-state index contributed by atoms with van der Waals surface area (Å²) in [6.45, 7) is 0.558. The first-order valence-electron chi connectivity index (χ1n) is 7.94. The summed E-state index contributed by atoms with van der Waals surface area (Å²) in [7, 11) is 0.410. The lowest BCUT2D eigenvalue weighted by Gasteiger charge is -2.13. The van der Waals surface area contributed by atoms with E-state index < -0.39 is 10.0 Å². The van der Waals surface area contributed by atoms with Crippen molar-refractivity contribution >= 4 is 27.6 Å². The Hall–Kier alpha value is -2.81. The maximum atomic E-state index is 12.0. The second kappa shape index (κ2) is 8.52. The second-order valence-electron chi connectivity index (χ2n) is 5.98. The molecule has 0 bridgehead atoms. The fourth-order valence-electron chi connectivity index (χ4n) is 2.21. The Morgan fingerprint density at radius 2 is 1.81 bits per heavy atom. The number of carbonyl (C=O) groups excluding carboxylic acids is 1. The van der Waals surface area contributed by atoms with Crippen molar-refractivity contribution in [2.75, 3.05) is 30.0 Å². The fraction of sp³-hybridized carbons (Fsp3) is 0.294. The van der Waals surface area contributed by atoms with Crippen LogP contribution in [0.15, 0.2) is 42.6 Å². The zero-order chi connectivity index (χ0) is 19.2. The fourth-order valence-corrected chi connectivity index (χ4v) is 2.81. The number of hydrogen-bond donors (Lipinski definition) is 3. The standard InChI is InChI=1S/C17H23N5O3S/c1-22(2)16-10-13(8-9-18-16)11-19-17(23)20-12-14-6-4-5-7-15(14)21-26(3,24)25/h4-10,21H,11-12H2,1-3H3,(H2,19,20,23). The van der Waals surface area contributed by atoms with E-state index in [4.69, 9.17) is 0 Å². The summed E-state index contributed by atoms with van der Waals surface area (Å²) in [6.07, 6.45) is 2.78. The number of aromatic nitrogens is 1. The van der Waals surface area contributed by atoms with Crippen molar-refractivity contribution in [3.05, 3.63) is 53.7 Å². The lowest BCUT2D eigenvalue weighted by molar-refractivity contribution is 0.240. The van der Waals surface area contributed by atoms with E-state index in [-0.39, 0.29) is 12.6 Å². The monoisotopic (exact) mass is 377 g/mol. The van der Waals surface area contributed by atoms with Crippen LogP contribution in [0.2, 0.25) is 0 Å². The molecule has 0 saturated carbocycles. The van der Waals surface area contributed by atoms with Crippen LogP contribution in [0.4, 0.5) is 16.3 Å². The van der Waals surface area contributed by atoms with Crippen LogP contribution in [0.1, 0.15) is 11.1 Å². The summed E-state index contributed by atoms with van der Waals surface area (Å²) in [5.41, 5.74) is 2.05. The molecule has 9 heteroatoms. The van der Waals surface area contributed by atoms with E-state index in [0.29, 0.717) is 17.8 Å². The van der Waals surface area contributed by atoms with Crippen molar-refractivity contribution in [3.63, 3.8) is 0 Å². The van der Waals surface area contributed by atoms with Crippen molar-refractivity contribution in [1.82, 2.24) is 15.6 Å². The maximum absolute atomic E-state index is 12.0. The number of hydrogen-bond acceptors (Lipinski definition) is 5. The lowest BCUT2D eigenvalue weighted by Crippen LogP contribution is -2.34. The molecule has 0 saturated heterocycles. The molecule has 0 aliphatic carbocycles. The zero-order valence-electron chi connectivity index (χ0n) is 15.0. The predicted molar refractivity (Wildman–Crippen MR) is 103 cm³/mol. The van der Waals surface area contributed by atoms with Gasteiger partial charge in [-0.05, 0) is 29.3 Å². The Bertz CT molecular complexity index is 868. The third-order valence-corrected chi connectivity index (χ3v) is 4.06. The van der Waals surface area contributed by atoms with Gasteiger partial charge in [0.25, 0.3) is 0 Å². The van der Waals surface area contributed by atoms with E-state index in [1.165, 1.54) is 0 Å². The molecular formula is C17H23N5O3S. The molecule has 8 nitrogen and oxygen atoms in total. The van der Waals surface area contributed by atoms with Crippen molar-refractivity contribution in [2.24, 2.45) is 0 Å². The van der Waals surface area contributed by atoms with Gasteiger partial charge in [-0.2, -0.15) is 0 Å². The van der Waals surface area contributed by atoms with Crippen LogP contribution < -0.4 is 20.3 Å². The number of benzene rings is 1. The van der Waals surface area contributed by atoms with Crippen LogP contribution in [0.3, 0.4) is 0 Å². The average Bonchev–Trinajstić information content (AvgIpc) is 2.58. The molecule has 2 aromatic rings. The molecule has 1 aromatic heterocycles. The number of nitrogens with one attached hydrogen (secondary N) is 3. The summed E-state index contributed by atoms with van der Waals surface area (Å²) in [5, 5.41) is 5.49. The van der Waals surface area contributed by atoms with Crippen molar-refractivity contribution in [1.29, 1.82) is 0 Å². The van der Waals surface area contributed by atoms with Crippen LogP contribution in [0.25, 0.3) is 0 Å². The number of nitrogens with zero attached hydrogens (tertiary/aromatic N) is 2.